The molecule has 30 heavy (non-hydrogen) atoms. The van der Waals surface area contributed by atoms with Crippen LogP contribution in [0.15, 0.2) is 50.8 Å². The van der Waals surface area contributed by atoms with Crippen LogP contribution >= 0.6 is 27.7 Å². The molecule has 2 aromatic carbocycles. The number of ether oxygens (including phenoxy) is 2. The molecule has 1 fully saturated rings. The van der Waals surface area contributed by atoms with E-state index in [1.54, 1.807) is 38.4 Å². The van der Waals surface area contributed by atoms with Gasteiger partial charge in [-0.15, -0.1) is 0 Å². The van der Waals surface area contributed by atoms with Crippen LogP contribution in [0.5, 0.6) is 11.5 Å². The van der Waals surface area contributed by atoms with Gasteiger partial charge in [-0.1, -0.05) is 15.9 Å². The highest BCUT2D eigenvalue weighted by atomic mass is 79.9. The van der Waals surface area contributed by atoms with Crippen molar-refractivity contribution in [2.24, 2.45) is 4.99 Å². The van der Waals surface area contributed by atoms with Gasteiger partial charge in [0, 0.05) is 11.5 Å². The van der Waals surface area contributed by atoms with E-state index in [4.69, 9.17) is 14.6 Å². The number of carbonyl (C=O) groups is 2. The molecule has 2 aromatic rings. The molecule has 0 aliphatic carbocycles. The third-order valence-electron chi connectivity index (χ3n) is 4.21. The van der Waals surface area contributed by atoms with Gasteiger partial charge in [-0.3, -0.25) is 9.69 Å². The van der Waals surface area contributed by atoms with E-state index in [0.29, 0.717) is 33.9 Å². The first-order chi connectivity index (χ1) is 14.3. The molecule has 0 radical (unpaired) electrons. The summed E-state index contributed by atoms with van der Waals surface area (Å²) in [7, 11) is 3.21. The molecule has 3 rings (SSSR count). The van der Waals surface area contributed by atoms with Crippen LogP contribution in [0.1, 0.15) is 22.8 Å². The molecule has 0 unspecified atom stereocenters. The fraction of sp³-hybridized carbons (Fsp3) is 0.190. The summed E-state index contributed by atoms with van der Waals surface area (Å²) < 4.78 is 11.7. The number of benzene rings is 2. The number of rotatable bonds is 6. The maximum Gasteiger partial charge on any atom is 0.335 e. The molecule has 0 saturated carbocycles. The molecule has 1 aliphatic rings. The number of likely N-dealkylation sites (N-methyl/N-ethyl adjacent to an activating group) is 1. The summed E-state index contributed by atoms with van der Waals surface area (Å²) >= 11 is 4.76. The number of amidine groups is 1. The Kier molecular flexibility index (Phi) is 6.84. The van der Waals surface area contributed by atoms with Crippen molar-refractivity contribution >= 4 is 56.5 Å². The lowest BCUT2D eigenvalue weighted by molar-refractivity contribution is -0.121. The number of amides is 1. The van der Waals surface area contributed by atoms with E-state index in [1.165, 1.54) is 28.8 Å². The molecule has 0 aromatic heterocycles. The second-order valence-corrected chi connectivity index (χ2v) is 8.04. The Bertz CT molecular complexity index is 1050. The maximum absolute atomic E-state index is 12.7. The Morgan fingerprint density at radius 2 is 1.97 bits per heavy atom. The lowest BCUT2D eigenvalue weighted by atomic mass is 10.2. The van der Waals surface area contributed by atoms with Gasteiger partial charge in [0.2, 0.25) is 0 Å². The minimum Gasteiger partial charge on any atom is -0.493 e. The van der Waals surface area contributed by atoms with Crippen molar-refractivity contribution in [3.63, 3.8) is 0 Å². The van der Waals surface area contributed by atoms with Crippen LogP contribution in [-0.2, 0) is 4.79 Å². The summed E-state index contributed by atoms with van der Waals surface area (Å²) in [4.78, 5) is 30.1. The van der Waals surface area contributed by atoms with Gasteiger partial charge in [0.25, 0.3) is 5.91 Å². The van der Waals surface area contributed by atoms with Crippen LogP contribution in [0, 0.1) is 0 Å². The number of methoxy groups -OCH3 is 1. The van der Waals surface area contributed by atoms with E-state index >= 15 is 0 Å². The lowest BCUT2D eigenvalue weighted by Crippen LogP contribution is -2.23. The first kappa shape index (κ1) is 21.9. The zero-order valence-corrected chi connectivity index (χ0v) is 18.9. The smallest absolute Gasteiger partial charge is 0.335 e. The van der Waals surface area contributed by atoms with Crippen molar-refractivity contribution in [1.82, 2.24) is 4.90 Å². The topological polar surface area (TPSA) is 88.4 Å². The quantitative estimate of drug-likeness (QED) is 0.585. The second-order valence-electron chi connectivity index (χ2n) is 6.18. The number of carboxylic acids is 1. The number of halogens is 1. The van der Waals surface area contributed by atoms with Crippen molar-refractivity contribution in [1.29, 1.82) is 0 Å². The van der Waals surface area contributed by atoms with Gasteiger partial charge in [0.1, 0.15) is 0 Å². The highest BCUT2D eigenvalue weighted by Crippen LogP contribution is 2.38. The van der Waals surface area contributed by atoms with Gasteiger partial charge in [-0.2, -0.15) is 0 Å². The monoisotopic (exact) mass is 490 g/mol. The van der Waals surface area contributed by atoms with Crippen LogP contribution < -0.4 is 9.47 Å². The van der Waals surface area contributed by atoms with Gasteiger partial charge in [0.05, 0.1) is 29.9 Å². The molecule has 9 heteroatoms. The van der Waals surface area contributed by atoms with Gasteiger partial charge in [0.15, 0.2) is 16.7 Å². The fourth-order valence-electron chi connectivity index (χ4n) is 2.67. The van der Waals surface area contributed by atoms with Crippen molar-refractivity contribution in [3.05, 3.63) is 56.9 Å². The molecule has 0 spiro atoms. The zero-order valence-electron chi connectivity index (χ0n) is 16.5. The normalized spacial score (nSPS) is 16.4. The predicted octanol–water partition coefficient (Wildman–Crippen LogP) is 4.79. The van der Waals surface area contributed by atoms with Crippen LogP contribution in [0.25, 0.3) is 6.08 Å². The van der Waals surface area contributed by atoms with Crippen LogP contribution in [0.3, 0.4) is 0 Å². The number of aliphatic imine (C=N–C) groups is 1. The highest BCUT2D eigenvalue weighted by molar-refractivity contribution is 9.10. The molecule has 1 heterocycles. The van der Waals surface area contributed by atoms with Gasteiger partial charge >= 0.3 is 5.97 Å². The van der Waals surface area contributed by atoms with E-state index < -0.39 is 5.97 Å². The number of carbonyl (C=O) groups excluding carboxylic acids is 1. The summed E-state index contributed by atoms with van der Waals surface area (Å²) in [6.45, 7) is 2.40. The number of hydrogen-bond donors (Lipinski definition) is 1. The van der Waals surface area contributed by atoms with Gasteiger partial charge in [-0.05, 0) is 66.7 Å². The van der Waals surface area contributed by atoms with Crippen molar-refractivity contribution in [3.8, 4) is 11.5 Å². The first-order valence-corrected chi connectivity index (χ1v) is 10.5. The first-order valence-electron chi connectivity index (χ1n) is 8.94. The maximum atomic E-state index is 12.7. The van der Waals surface area contributed by atoms with Gasteiger partial charge < -0.3 is 14.6 Å². The predicted molar refractivity (Wildman–Crippen MR) is 121 cm³/mol. The standard InChI is InChI=1S/C21H19BrN2O5S/c1-4-29-17-11-15(22)13(9-16(17)28-3)10-18-19(25)24(2)21(30-18)23-14-7-5-12(6-8-14)20(26)27/h5-11H,4H2,1-3H3,(H,26,27)/b18-10-,23-21?. The zero-order chi connectivity index (χ0) is 21.8. The molecule has 1 aliphatic heterocycles. The van der Waals surface area contributed by atoms with Crippen molar-refractivity contribution in [2.45, 2.75) is 6.92 Å². The van der Waals surface area contributed by atoms with E-state index in [1.807, 2.05) is 13.0 Å². The molecule has 0 bridgehead atoms. The Balaban J connectivity index is 1.90. The largest absolute Gasteiger partial charge is 0.493 e. The highest BCUT2D eigenvalue weighted by Gasteiger charge is 2.30. The molecular formula is C21H19BrN2O5S. The van der Waals surface area contributed by atoms with Crippen molar-refractivity contribution in [2.75, 3.05) is 20.8 Å². The van der Waals surface area contributed by atoms with E-state index in [0.717, 1.165) is 10.0 Å². The van der Waals surface area contributed by atoms with Crippen LogP contribution in [0.2, 0.25) is 0 Å². The Morgan fingerprint density at radius 3 is 2.57 bits per heavy atom. The number of nitrogens with zero attached hydrogens (tertiary/aromatic N) is 2. The summed E-state index contributed by atoms with van der Waals surface area (Å²) in [5.74, 6) is 0.00527. The molecule has 156 valence electrons. The number of thioether (sulfide) groups is 1. The average Bonchev–Trinajstić information content (AvgIpc) is 2.98. The van der Waals surface area contributed by atoms with E-state index in [-0.39, 0.29) is 11.5 Å². The van der Waals surface area contributed by atoms with Crippen LogP contribution in [0.4, 0.5) is 5.69 Å². The number of aromatic carboxylic acids is 1. The molecule has 1 N–H and O–H groups in total. The van der Waals surface area contributed by atoms with E-state index in [2.05, 4.69) is 20.9 Å². The second kappa shape index (κ2) is 9.36. The lowest BCUT2D eigenvalue weighted by Gasteiger charge is -2.11. The fourth-order valence-corrected chi connectivity index (χ4v) is 4.09. The minimum atomic E-state index is -1.00. The Hall–Kier alpha value is -2.78. The summed E-state index contributed by atoms with van der Waals surface area (Å²) in [6.07, 6.45) is 1.77. The molecule has 1 saturated heterocycles. The summed E-state index contributed by atoms with van der Waals surface area (Å²) in [5, 5.41) is 9.50. The summed E-state index contributed by atoms with van der Waals surface area (Å²) in [6, 6.07) is 9.76. The molecule has 1 amide bonds. The average molecular weight is 491 g/mol. The Labute approximate surface area is 186 Å². The molecule has 0 atom stereocenters. The Morgan fingerprint density at radius 1 is 1.27 bits per heavy atom. The van der Waals surface area contributed by atoms with Crippen LogP contribution in [-0.4, -0.2) is 47.8 Å². The van der Waals surface area contributed by atoms with Crippen molar-refractivity contribution < 1.29 is 24.2 Å². The summed E-state index contributed by atoms with van der Waals surface area (Å²) in [5.41, 5.74) is 1.51. The van der Waals surface area contributed by atoms with E-state index in [9.17, 15) is 9.59 Å². The molecular weight excluding hydrogens is 472 g/mol. The SMILES string of the molecule is CCOc1cc(Br)c(/C=C2\SC(=Nc3ccc(C(=O)O)cc3)N(C)C2=O)cc1OC. The third-order valence-corrected chi connectivity index (χ3v) is 5.96. The third kappa shape index (κ3) is 4.68. The number of carboxylic acid groups (broad SMARTS) is 1. The molecule has 7 nitrogen and oxygen atoms in total. The van der Waals surface area contributed by atoms with Gasteiger partial charge in [-0.25, -0.2) is 9.79 Å². The number of hydrogen-bond acceptors (Lipinski definition) is 6. The minimum absolute atomic E-state index is 0.178.